The van der Waals surface area contributed by atoms with Gasteiger partial charge in [0, 0.05) is 18.2 Å². The Bertz CT molecular complexity index is 324. The van der Waals surface area contributed by atoms with Crippen molar-refractivity contribution < 1.29 is 15.4 Å². The maximum atomic E-state index is 5.34. The number of morpholine rings is 1. The van der Waals surface area contributed by atoms with Gasteiger partial charge in [-0.1, -0.05) is 0 Å². The molecule has 1 aromatic rings. The molecule has 1 aromatic carbocycles. The van der Waals surface area contributed by atoms with Crippen molar-refractivity contribution in [1.29, 1.82) is 0 Å². The molecule has 4 heteroatoms. The third-order valence-corrected chi connectivity index (χ3v) is 3.17. The van der Waals surface area contributed by atoms with Crippen molar-refractivity contribution in [2.24, 2.45) is 0 Å². The van der Waals surface area contributed by atoms with Gasteiger partial charge in [-0.2, -0.15) is 0 Å². The smallest absolute Gasteiger partial charge is 0.146 e. The lowest BCUT2D eigenvalue weighted by atomic mass is 10.2. The number of benzene rings is 1. The molecule has 4 N–H and O–H groups in total. The Labute approximate surface area is 92.0 Å². The van der Waals surface area contributed by atoms with Crippen LogP contribution < -0.4 is 10.6 Å². The van der Waals surface area contributed by atoms with E-state index in [1.807, 2.05) is 0 Å². The van der Waals surface area contributed by atoms with Crippen molar-refractivity contribution in [3.8, 4) is 0 Å². The van der Waals surface area contributed by atoms with Gasteiger partial charge >= 0.3 is 0 Å². The number of hydrogen-bond donors (Lipinski definition) is 2. The van der Waals surface area contributed by atoms with Gasteiger partial charge in [-0.15, -0.1) is 0 Å². The van der Waals surface area contributed by atoms with Crippen LogP contribution >= 0.6 is 15.9 Å². The lowest BCUT2D eigenvalue weighted by Gasteiger charge is -2.23. The molecule has 0 aromatic heterocycles. The highest BCUT2D eigenvalue weighted by molar-refractivity contribution is 9.10. The van der Waals surface area contributed by atoms with Gasteiger partial charge in [0.05, 0.1) is 17.7 Å². The van der Waals surface area contributed by atoms with Gasteiger partial charge in [0.15, 0.2) is 0 Å². The fourth-order valence-corrected chi connectivity index (χ4v) is 2.44. The Kier molecular flexibility index (Phi) is 3.18. The van der Waals surface area contributed by atoms with Crippen LogP contribution in [0.1, 0.15) is 0 Å². The summed E-state index contributed by atoms with van der Waals surface area (Å²) in [5, 5.41) is 0. The highest BCUT2D eigenvalue weighted by Crippen LogP contribution is 2.20. The summed E-state index contributed by atoms with van der Waals surface area (Å²) in [6, 6.07) is 6.27. The van der Waals surface area contributed by atoms with E-state index in [-0.39, 0.29) is 0 Å². The van der Waals surface area contributed by atoms with Crippen LogP contribution in [0.3, 0.4) is 0 Å². The number of quaternary nitrogens is 2. The fourth-order valence-electron chi connectivity index (χ4n) is 1.73. The Morgan fingerprint density at radius 3 is 2.64 bits per heavy atom. The predicted molar refractivity (Wildman–Crippen MR) is 57.9 cm³/mol. The molecule has 76 valence electrons. The Hall–Kier alpha value is -0.420. The van der Waals surface area contributed by atoms with Crippen LogP contribution in [0.5, 0.6) is 0 Å². The molecule has 0 bridgehead atoms. The van der Waals surface area contributed by atoms with E-state index in [4.69, 9.17) is 4.74 Å². The van der Waals surface area contributed by atoms with Gasteiger partial charge in [-0.25, -0.2) is 0 Å². The van der Waals surface area contributed by atoms with Crippen LogP contribution in [0.2, 0.25) is 0 Å². The van der Waals surface area contributed by atoms with E-state index in [0.717, 1.165) is 36.5 Å². The molecule has 1 aliphatic rings. The van der Waals surface area contributed by atoms with Gasteiger partial charge in [0.25, 0.3) is 0 Å². The van der Waals surface area contributed by atoms with Crippen LogP contribution in [-0.2, 0) is 4.74 Å². The number of nitrogens with one attached hydrogen (secondary N) is 1. The summed E-state index contributed by atoms with van der Waals surface area (Å²) in [5.74, 6) is 0. The second-order valence-electron chi connectivity index (χ2n) is 3.53. The van der Waals surface area contributed by atoms with Crippen LogP contribution in [0.25, 0.3) is 0 Å². The zero-order valence-corrected chi connectivity index (χ0v) is 9.64. The standard InChI is InChI=1S/C10H13BrN2O/c11-9-7-8(12)1-2-10(9)13-3-5-14-6-4-13/h1-2,7H,3-6,12H2/p+2. The first kappa shape index (κ1) is 10.1. The SMILES string of the molecule is [NH3+]c1ccc([NH+]2CCOCC2)c(Br)c1. The average molecular weight is 259 g/mol. The molecule has 1 saturated heterocycles. The predicted octanol–water partition coefficient (Wildman–Crippen LogP) is -0.131. The third-order valence-electron chi connectivity index (χ3n) is 2.51. The second-order valence-corrected chi connectivity index (χ2v) is 4.38. The molecule has 0 atom stereocenters. The van der Waals surface area contributed by atoms with Crippen molar-refractivity contribution in [2.45, 2.75) is 0 Å². The fraction of sp³-hybridized carbons (Fsp3) is 0.400. The number of hydrogen-bond acceptors (Lipinski definition) is 1. The zero-order chi connectivity index (χ0) is 9.97. The summed E-state index contributed by atoms with van der Waals surface area (Å²) in [6.45, 7) is 3.81. The molecule has 14 heavy (non-hydrogen) atoms. The summed E-state index contributed by atoms with van der Waals surface area (Å²) < 4.78 is 6.49. The molecule has 0 aliphatic carbocycles. The molecule has 0 unspecified atom stereocenters. The molecule has 0 saturated carbocycles. The van der Waals surface area contributed by atoms with Crippen LogP contribution in [-0.4, -0.2) is 26.3 Å². The van der Waals surface area contributed by atoms with E-state index >= 15 is 0 Å². The first-order chi connectivity index (χ1) is 6.77. The molecule has 1 heterocycles. The summed E-state index contributed by atoms with van der Waals surface area (Å²) >= 11 is 3.58. The zero-order valence-electron chi connectivity index (χ0n) is 8.05. The van der Waals surface area contributed by atoms with Gasteiger partial charge in [0.2, 0.25) is 0 Å². The molecule has 0 spiro atoms. The van der Waals surface area contributed by atoms with Crippen LogP contribution in [0.15, 0.2) is 22.7 Å². The molecule has 0 radical (unpaired) electrons. The van der Waals surface area contributed by atoms with Gasteiger partial charge in [0.1, 0.15) is 24.5 Å². The average Bonchev–Trinajstić information content (AvgIpc) is 2.19. The number of rotatable bonds is 1. The largest absolute Gasteiger partial charge is 0.370 e. The van der Waals surface area contributed by atoms with Crippen LogP contribution in [0, 0.1) is 0 Å². The van der Waals surface area contributed by atoms with Crippen molar-refractivity contribution in [3.05, 3.63) is 22.7 Å². The van der Waals surface area contributed by atoms with Crippen molar-refractivity contribution in [2.75, 3.05) is 26.3 Å². The molecule has 1 fully saturated rings. The number of halogens is 1. The highest BCUT2D eigenvalue weighted by Gasteiger charge is 2.19. The third kappa shape index (κ3) is 2.15. The van der Waals surface area contributed by atoms with E-state index < -0.39 is 0 Å². The molecule has 2 rings (SSSR count). The highest BCUT2D eigenvalue weighted by atomic mass is 79.9. The van der Waals surface area contributed by atoms with Crippen molar-refractivity contribution in [1.82, 2.24) is 0 Å². The second kappa shape index (κ2) is 4.40. The minimum atomic E-state index is 0.855. The van der Waals surface area contributed by atoms with Gasteiger partial charge in [-0.05, 0) is 15.9 Å². The Balaban J connectivity index is 2.22. The van der Waals surface area contributed by atoms with Crippen molar-refractivity contribution >= 4 is 27.3 Å². The molecule has 1 aliphatic heterocycles. The van der Waals surface area contributed by atoms with Gasteiger partial charge < -0.3 is 10.5 Å². The first-order valence-electron chi connectivity index (χ1n) is 4.82. The van der Waals surface area contributed by atoms with Gasteiger partial charge in [-0.3, -0.25) is 4.90 Å². The molecular weight excluding hydrogens is 244 g/mol. The topological polar surface area (TPSA) is 41.3 Å². The monoisotopic (exact) mass is 258 g/mol. The summed E-state index contributed by atoms with van der Waals surface area (Å²) in [7, 11) is 0. The summed E-state index contributed by atoms with van der Waals surface area (Å²) in [6.07, 6.45) is 0. The van der Waals surface area contributed by atoms with Crippen LogP contribution in [0.4, 0.5) is 11.4 Å². The lowest BCUT2D eigenvalue weighted by Crippen LogP contribution is -3.09. The normalized spacial score (nSPS) is 18.4. The number of ether oxygens (including phenoxy) is 1. The van der Waals surface area contributed by atoms with E-state index in [0.29, 0.717) is 0 Å². The minimum absolute atomic E-state index is 0.855. The first-order valence-corrected chi connectivity index (χ1v) is 5.61. The molecular formula is C10H15BrN2O+2. The summed E-state index contributed by atoms with van der Waals surface area (Å²) in [5.41, 5.74) is 6.27. The quantitative estimate of drug-likeness (QED) is 0.724. The van der Waals surface area contributed by atoms with E-state index in [2.05, 4.69) is 39.9 Å². The maximum absolute atomic E-state index is 5.34. The Morgan fingerprint density at radius 1 is 1.29 bits per heavy atom. The van der Waals surface area contributed by atoms with E-state index in [1.165, 1.54) is 10.6 Å². The lowest BCUT2D eigenvalue weighted by molar-refractivity contribution is -0.842. The molecule has 0 amide bonds. The minimum Gasteiger partial charge on any atom is -0.370 e. The summed E-state index contributed by atoms with van der Waals surface area (Å²) in [4.78, 5) is 1.49. The van der Waals surface area contributed by atoms with E-state index in [9.17, 15) is 0 Å². The van der Waals surface area contributed by atoms with Crippen molar-refractivity contribution in [3.63, 3.8) is 0 Å². The molecule has 3 nitrogen and oxygen atoms in total. The maximum Gasteiger partial charge on any atom is 0.146 e. The van der Waals surface area contributed by atoms with E-state index in [1.54, 1.807) is 0 Å². The Morgan fingerprint density at radius 2 is 2.00 bits per heavy atom.